The highest BCUT2D eigenvalue weighted by Crippen LogP contribution is 2.24. The maximum absolute atomic E-state index is 13.2. The zero-order chi connectivity index (χ0) is 54.7. The van der Waals surface area contributed by atoms with Crippen molar-refractivity contribution in [2.75, 3.05) is 13.2 Å². The first-order valence-electron chi connectivity index (χ1n) is 32.6. The maximum atomic E-state index is 13.2. The smallest absolute Gasteiger partial charge is 0.249 e. The molecule has 1 heterocycles. The van der Waals surface area contributed by atoms with E-state index in [2.05, 4.69) is 31.3 Å². The van der Waals surface area contributed by atoms with Crippen molar-refractivity contribution in [1.29, 1.82) is 0 Å². The molecule has 1 aliphatic rings. The highest BCUT2D eigenvalue weighted by molar-refractivity contribution is 5.80. The molecule has 0 aromatic carbocycles. The molecule has 0 bridgehead atoms. The summed E-state index contributed by atoms with van der Waals surface area (Å²) < 4.78 is 11.1. The molecule has 1 amide bonds. The molecule has 11 heteroatoms. The first-order chi connectivity index (χ1) is 36.7. The second-order valence-electron chi connectivity index (χ2n) is 23.2. The van der Waals surface area contributed by atoms with Crippen LogP contribution in [0.2, 0.25) is 0 Å². The minimum absolute atomic E-state index is 0.264. The Hall–Kier alpha value is -1.15. The Balaban J connectivity index is 2.07. The molecule has 0 aromatic rings. The van der Waals surface area contributed by atoms with Crippen LogP contribution in [-0.2, 0) is 14.3 Å². The summed E-state index contributed by atoms with van der Waals surface area (Å²) in [6.45, 7) is 3.46. The molecule has 9 atom stereocenters. The summed E-state index contributed by atoms with van der Waals surface area (Å²) in [6, 6.07) is -1.16. The van der Waals surface area contributed by atoms with E-state index in [1.54, 1.807) is 0 Å². The Morgan fingerprint density at radius 2 is 0.773 bits per heavy atom. The number of nitrogens with one attached hydrogen (secondary N) is 1. The lowest BCUT2D eigenvalue weighted by Gasteiger charge is -2.40. The zero-order valence-corrected chi connectivity index (χ0v) is 49.1. The molecule has 1 rings (SSSR count). The number of aliphatic hydroxyl groups is 7. The van der Waals surface area contributed by atoms with Crippen LogP contribution in [0.3, 0.4) is 0 Å². The van der Waals surface area contributed by atoms with Crippen LogP contribution in [0.1, 0.15) is 322 Å². The molecule has 0 radical (unpaired) electrons. The van der Waals surface area contributed by atoms with Crippen LogP contribution in [0.4, 0.5) is 0 Å². The summed E-state index contributed by atoms with van der Waals surface area (Å²) in [5.74, 6) is -0.693. The molecule has 0 aliphatic carbocycles. The summed E-state index contributed by atoms with van der Waals surface area (Å²) >= 11 is 0. The Morgan fingerprint density at radius 3 is 1.12 bits per heavy atom. The number of allylic oxidation sites excluding steroid dienone is 2. The minimum Gasteiger partial charge on any atom is -0.394 e. The summed E-state index contributed by atoms with van der Waals surface area (Å²) in [4.78, 5) is 13.2. The largest absolute Gasteiger partial charge is 0.394 e. The molecule has 0 spiro atoms. The topological polar surface area (TPSA) is 189 Å². The predicted octanol–water partition coefficient (Wildman–Crippen LogP) is 14.7. The van der Waals surface area contributed by atoms with Gasteiger partial charge in [-0.25, -0.2) is 0 Å². The Labute approximate surface area is 462 Å². The molecular weight excluding hydrogens is 943 g/mol. The molecule has 446 valence electrons. The number of carbonyl (C=O) groups excluding carboxylic acids is 1. The fourth-order valence-corrected chi connectivity index (χ4v) is 10.8. The van der Waals surface area contributed by atoms with E-state index < -0.39 is 74.2 Å². The van der Waals surface area contributed by atoms with E-state index in [0.717, 1.165) is 38.5 Å². The number of ether oxygens (including phenoxy) is 2. The van der Waals surface area contributed by atoms with Crippen molar-refractivity contribution in [2.24, 2.45) is 0 Å². The van der Waals surface area contributed by atoms with E-state index in [-0.39, 0.29) is 6.42 Å². The van der Waals surface area contributed by atoms with Gasteiger partial charge in [0.15, 0.2) is 6.29 Å². The predicted molar refractivity (Wildman–Crippen MR) is 312 cm³/mol. The van der Waals surface area contributed by atoms with Gasteiger partial charge in [-0.1, -0.05) is 296 Å². The molecule has 9 unspecified atom stereocenters. The summed E-state index contributed by atoms with van der Waals surface area (Å²) in [7, 11) is 0. The normalized spacial score (nSPS) is 19.7. The Bertz CT molecular complexity index is 1220. The van der Waals surface area contributed by atoms with Crippen LogP contribution in [0.25, 0.3) is 0 Å². The molecule has 1 fully saturated rings. The molecular formula is C64H125NO10. The second-order valence-corrected chi connectivity index (χ2v) is 23.2. The van der Waals surface area contributed by atoms with Crippen LogP contribution in [0.5, 0.6) is 0 Å². The van der Waals surface area contributed by atoms with Gasteiger partial charge in [-0.05, 0) is 38.5 Å². The van der Waals surface area contributed by atoms with Crippen LogP contribution in [0, 0.1) is 0 Å². The van der Waals surface area contributed by atoms with Crippen LogP contribution < -0.4 is 5.32 Å². The van der Waals surface area contributed by atoms with Gasteiger partial charge in [-0.2, -0.15) is 0 Å². The maximum Gasteiger partial charge on any atom is 0.249 e. The van der Waals surface area contributed by atoms with Crippen molar-refractivity contribution in [3.05, 3.63) is 12.2 Å². The van der Waals surface area contributed by atoms with Crippen LogP contribution in [-0.4, -0.2) is 110 Å². The average Bonchev–Trinajstić information content (AvgIpc) is 3.41. The van der Waals surface area contributed by atoms with Crippen LogP contribution >= 0.6 is 0 Å². The Morgan fingerprint density at radius 1 is 0.453 bits per heavy atom. The van der Waals surface area contributed by atoms with Gasteiger partial charge < -0.3 is 50.5 Å². The number of carbonyl (C=O) groups is 1. The van der Waals surface area contributed by atoms with Crippen molar-refractivity contribution in [2.45, 2.75) is 377 Å². The third-order valence-corrected chi connectivity index (χ3v) is 16.1. The van der Waals surface area contributed by atoms with E-state index >= 15 is 0 Å². The molecule has 8 N–H and O–H groups in total. The number of hydrogen-bond acceptors (Lipinski definition) is 10. The molecule has 75 heavy (non-hydrogen) atoms. The van der Waals surface area contributed by atoms with E-state index in [9.17, 15) is 40.5 Å². The molecule has 1 saturated heterocycles. The van der Waals surface area contributed by atoms with Gasteiger partial charge in [0, 0.05) is 0 Å². The van der Waals surface area contributed by atoms with E-state index in [0.29, 0.717) is 19.3 Å². The fraction of sp³-hybridized carbons (Fsp3) is 0.953. The van der Waals surface area contributed by atoms with E-state index in [1.165, 1.54) is 244 Å². The third kappa shape index (κ3) is 41.5. The monoisotopic (exact) mass is 1070 g/mol. The molecule has 11 nitrogen and oxygen atoms in total. The zero-order valence-electron chi connectivity index (χ0n) is 49.1. The fourth-order valence-electron chi connectivity index (χ4n) is 10.8. The summed E-state index contributed by atoms with van der Waals surface area (Å²) in [6.07, 6.45) is 53.3. The van der Waals surface area contributed by atoms with E-state index in [1.807, 2.05) is 0 Å². The minimum atomic E-state index is -1.66. The summed E-state index contributed by atoms with van der Waals surface area (Å²) in [5.41, 5.74) is 0. The first-order valence-corrected chi connectivity index (χ1v) is 32.6. The standard InChI is InChI=1S/C64H125NO10/c1-3-5-7-9-11-13-15-16-17-18-19-20-21-22-23-24-25-26-27-28-29-30-31-32-33-34-35-36-37-38-39-40-41-42-44-46-48-50-52-57(68)63(73)65-55(54-74-64-62(72)61(71)60(70)58(53-66)75-64)59(69)56(67)51-49-47-45-43-14-12-10-8-6-4-2/h28-29,55-62,64,66-72H,3-27,30-54H2,1-2H3,(H,65,73)/b29-28-. The van der Waals surface area contributed by atoms with Gasteiger partial charge >= 0.3 is 0 Å². The SMILES string of the molecule is CCCCCCCCCCCCCCCCCCCC/C=C\CCCCCCCCCCCCCCCCCCC(O)C(=O)NC(COC1OC(CO)C(O)C(O)C1O)C(O)C(O)CCCCCCCCCCCC. The number of unbranched alkanes of at least 4 members (excludes halogenated alkanes) is 43. The number of hydrogen-bond donors (Lipinski definition) is 8. The highest BCUT2D eigenvalue weighted by Gasteiger charge is 2.44. The van der Waals surface area contributed by atoms with Crippen molar-refractivity contribution in [3.63, 3.8) is 0 Å². The van der Waals surface area contributed by atoms with Crippen molar-refractivity contribution >= 4 is 5.91 Å². The molecule has 1 aliphatic heterocycles. The Kier molecular flexibility index (Phi) is 51.3. The van der Waals surface area contributed by atoms with Gasteiger partial charge in [-0.3, -0.25) is 4.79 Å². The van der Waals surface area contributed by atoms with Gasteiger partial charge in [0.25, 0.3) is 0 Å². The van der Waals surface area contributed by atoms with Crippen molar-refractivity contribution in [1.82, 2.24) is 5.32 Å². The van der Waals surface area contributed by atoms with Gasteiger partial charge in [0.2, 0.25) is 5.91 Å². The van der Waals surface area contributed by atoms with Gasteiger partial charge in [0.1, 0.15) is 36.6 Å². The van der Waals surface area contributed by atoms with Crippen molar-refractivity contribution in [3.8, 4) is 0 Å². The quantitative estimate of drug-likeness (QED) is 0.0215. The van der Waals surface area contributed by atoms with Crippen LogP contribution in [0.15, 0.2) is 12.2 Å². The lowest BCUT2D eigenvalue weighted by atomic mass is 9.98. The van der Waals surface area contributed by atoms with Crippen molar-refractivity contribution < 1.29 is 50.0 Å². The first kappa shape index (κ1) is 71.9. The molecule has 0 aromatic heterocycles. The second kappa shape index (κ2) is 53.5. The van der Waals surface area contributed by atoms with Gasteiger partial charge in [0.05, 0.1) is 25.4 Å². The molecule has 0 saturated carbocycles. The number of aliphatic hydroxyl groups excluding tert-OH is 7. The summed E-state index contributed by atoms with van der Waals surface area (Å²) in [5, 5.41) is 76.0. The number of rotatable bonds is 57. The average molecular weight is 1070 g/mol. The van der Waals surface area contributed by atoms with Gasteiger partial charge in [-0.15, -0.1) is 0 Å². The third-order valence-electron chi connectivity index (χ3n) is 16.1. The lowest BCUT2D eigenvalue weighted by Crippen LogP contribution is -2.60. The number of amides is 1. The van der Waals surface area contributed by atoms with E-state index in [4.69, 9.17) is 9.47 Å². The lowest BCUT2D eigenvalue weighted by molar-refractivity contribution is -0.303. The highest BCUT2D eigenvalue weighted by atomic mass is 16.7.